The van der Waals surface area contributed by atoms with Gasteiger partial charge in [-0.05, 0) is 19.8 Å². The predicted molar refractivity (Wildman–Crippen MR) is 67.2 cm³/mol. The van der Waals surface area contributed by atoms with E-state index in [1.807, 2.05) is 0 Å². The van der Waals surface area contributed by atoms with Crippen LogP contribution in [0, 0.1) is 0 Å². The Morgan fingerprint density at radius 2 is 2.39 bits per heavy atom. The Balaban J connectivity index is 2.14. The van der Waals surface area contributed by atoms with Crippen LogP contribution in [0.1, 0.15) is 35.8 Å². The molecular weight excluding hydrogens is 232 g/mol. The van der Waals surface area contributed by atoms with E-state index in [0.717, 1.165) is 25.1 Å². The minimum atomic E-state index is -0.917. The van der Waals surface area contributed by atoms with Crippen LogP contribution >= 0.6 is 0 Å². The molecule has 1 saturated heterocycles. The Hall–Kier alpha value is -1.40. The van der Waals surface area contributed by atoms with Crippen LogP contribution in [-0.4, -0.2) is 44.4 Å². The molecule has 2 heterocycles. The molecule has 6 heteroatoms. The number of likely N-dealkylation sites (tertiary alicyclic amines) is 1. The summed E-state index contributed by atoms with van der Waals surface area (Å²) in [6, 6.07) is 0.645. The molecule has 2 unspecified atom stereocenters. The zero-order chi connectivity index (χ0) is 13.3. The van der Waals surface area contributed by atoms with Gasteiger partial charge in [-0.1, -0.05) is 0 Å². The van der Waals surface area contributed by atoms with Crippen LogP contribution in [0.5, 0.6) is 0 Å². The summed E-state index contributed by atoms with van der Waals surface area (Å²) in [5, 5.41) is 13.2. The molecule has 3 N–H and O–H groups in total. The summed E-state index contributed by atoms with van der Waals surface area (Å²) in [6.45, 7) is 3.66. The number of aryl methyl sites for hydroxylation is 1. The van der Waals surface area contributed by atoms with Gasteiger partial charge < -0.3 is 10.8 Å². The Morgan fingerprint density at radius 3 is 3.00 bits per heavy atom. The van der Waals surface area contributed by atoms with Gasteiger partial charge in [0.1, 0.15) is 5.56 Å². The highest BCUT2D eigenvalue weighted by atomic mass is 16.4. The predicted octanol–water partition coefficient (Wildman–Crippen LogP) is 0.430. The molecule has 18 heavy (non-hydrogen) atoms. The number of carbonyl (C=O) groups is 1. The molecule has 0 spiro atoms. The number of nitrogens with two attached hydrogens (primary N) is 1. The molecule has 0 radical (unpaired) electrons. The molecule has 0 aliphatic carbocycles. The molecule has 1 aromatic heterocycles. The lowest BCUT2D eigenvalue weighted by Gasteiger charge is -2.36. The van der Waals surface area contributed by atoms with Gasteiger partial charge in [-0.25, -0.2) is 4.79 Å². The first-order chi connectivity index (χ1) is 8.49. The van der Waals surface area contributed by atoms with E-state index < -0.39 is 5.97 Å². The lowest BCUT2D eigenvalue weighted by atomic mass is 9.99. The van der Waals surface area contributed by atoms with Gasteiger partial charge in [0.05, 0.1) is 11.9 Å². The summed E-state index contributed by atoms with van der Waals surface area (Å²) in [6.07, 6.45) is 3.34. The monoisotopic (exact) mass is 252 g/mol. The molecule has 2 rings (SSSR count). The molecule has 0 saturated carbocycles. The van der Waals surface area contributed by atoms with Crippen molar-refractivity contribution < 1.29 is 9.90 Å². The molecule has 1 fully saturated rings. The van der Waals surface area contributed by atoms with Crippen LogP contribution in [0.3, 0.4) is 0 Å². The van der Waals surface area contributed by atoms with E-state index in [1.54, 1.807) is 11.7 Å². The van der Waals surface area contributed by atoms with E-state index in [0.29, 0.717) is 18.2 Å². The zero-order valence-electron chi connectivity index (χ0n) is 10.8. The lowest BCUT2D eigenvalue weighted by Crippen LogP contribution is -2.45. The third-order valence-corrected chi connectivity index (χ3v) is 3.70. The van der Waals surface area contributed by atoms with Gasteiger partial charge in [0.15, 0.2) is 0 Å². The van der Waals surface area contributed by atoms with Crippen molar-refractivity contribution in [3.05, 3.63) is 17.5 Å². The van der Waals surface area contributed by atoms with Crippen molar-refractivity contribution in [2.75, 3.05) is 6.54 Å². The molecule has 0 amide bonds. The molecule has 0 bridgehead atoms. The third-order valence-electron chi connectivity index (χ3n) is 3.70. The maximum absolute atomic E-state index is 11.1. The van der Waals surface area contributed by atoms with Gasteiger partial charge in [-0.2, -0.15) is 5.10 Å². The number of hydrogen-bond acceptors (Lipinski definition) is 4. The van der Waals surface area contributed by atoms with E-state index in [-0.39, 0.29) is 6.04 Å². The zero-order valence-corrected chi connectivity index (χ0v) is 10.8. The highest BCUT2D eigenvalue weighted by Crippen LogP contribution is 2.20. The van der Waals surface area contributed by atoms with Crippen molar-refractivity contribution in [2.24, 2.45) is 12.8 Å². The van der Waals surface area contributed by atoms with E-state index in [2.05, 4.69) is 16.9 Å². The summed E-state index contributed by atoms with van der Waals surface area (Å²) in [7, 11) is 1.78. The maximum atomic E-state index is 11.1. The van der Waals surface area contributed by atoms with Crippen molar-refractivity contribution in [1.82, 2.24) is 14.7 Å². The normalized spacial score (nSPS) is 25.3. The Bertz CT molecular complexity index is 443. The van der Waals surface area contributed by atoms with Crippen LogP contribution in [-0.2, 0) is 13.6 Å². The number of aromatic nitrogens is 2. The quantitative estimate of drug-likeness (QED) is 0.815. The minimum absolute atomic E-state index is 0.265. The first kappa shape index (κ1) is 13.0. The van der Waals surface area contributed by atoms with Crippen molar-refractivity contribution in [1.29, 1.82) is 0 Å². The van der Waals surface area contributed by atoms with Crippen molar-refractivity contribution in [3.8, 4) is 0 Å². The lowest BCUT2D eigenvalue weighted by molar-refractivity contribution is 0.0691. The smallest absolute Gasteiger partial charge is 0.339 e. The largest absolute Gasteiger partial charge is 0.478 e. The van der Waals surface area contributed by atoms with Crippen LogP contribution in [0.15, 0.2) is 6.20 Å². The molecule has 1 aliphatic rings. The molecule has 1 aromatic rings. The van der Waals surface area contributed by atoms with Crippen LogP contribution in [0.4, 0.5) is 0 Å². The van der Waals surface area contributed by atoms with E-state index >= 15 is 0 Å². The van der Waals surface area contributed by atoms with Gasteiger partial charge in [-0.3, -0.25) is 9.58 Å². The average molecular weight is 252 g/mol. The minimum Gasteiger partial charge on any atom is -0.478 e. The van der Waals surface area contributed by atoms with Crippen molar-refractivity contribution in [2.45, 2.75) is 38.4 Å². The fourth-order valence-corrected chi connectivity index (χ4v) is 2.51. The van der Waals surface area contributed by atoms with Gasteiger partial charge >= 0.3 is 5.97 Å². The fourth-order valence-electron chi connectivity index (χ4n) is 2.51. The molecule has 2 atom stereocenters. The second-order valence-electron chi connectivity index (χ2n) is 5.04. The summed E-state index contributed by atoms with van der Waals surface area (Å²) < 4.78 is 1.64. The van der Waals surface area contributed by atoms with E-state index in [9.17, 15) is 4.79 Å². The van der Waals surface area contributed by atoms with Crippen LogP contribution in [0.2, 0.25) is 0 Å². The number of piperidine rings is 1. The molecule has 1 aliphatic heterocycles. The van der Waals surface area contributed by atoms with Crippen molar-refractivity contribution in [3.63, 3.8) is 0 Å². The van der Waals surface area contributed by atoms with Gasteiger partial charge in [0, 0.05) is 32.2 Å². The number of carboxylic acids is 1. The maximum Gasteiger partial charge on any atom is 0.339 e. The highest BCUT2D eigenvalue weighted by Gasteiger charge is 2.25. The van der Waals surface area contributed by atoms with Gasteiger partial charge in [-0.15, -0.1) is 0 Å². The first-order valence-corrected chi connectivity index (χ1v) is 6.23. The highest BCUT2D eigenvalue weighted by molar-refractivity contribution is 5.88. The topological polar surface area (TPSA) is 84.4 Å². The molecule has 0 aromatic carbocycles. The molecule has 6 nitrogen and oxygen atoms in total. The first-order valence-electron chi connectivity index (χ1n) is 6.23. The molecule has 100 valence electrons. The number of hydrogen-bond donors (Lipinski definition) is 2. The van der Waals surface area contributed by atoms with E-state index in [4.69, 9.17) is 10.8 Å². The SMILES string of the molecule is CC1CC(N)CCN1Cc1c(C(=O)O)cnn1C. The third kappa shape index (κ3) is 2.54. The summed E-state index contributed by atoms with van der Waals surface area (Å²) in [5.41, 5.74) is 6.98. The number of carboxylic acid groups (broad SMARTS) is 1. The van der Waals surface area contributed by atoms with E-state index in [1.165, 1.54) is 6.20 Å². The second kappa shape index (κ2) is 5.07. The number of aromatic carboxylic acids is 1. The standard InChI is InChI=1S/C12H20N4O2/c1-8-5-9(13)3-4-16(8)7-11-10(12(17)18)6-14-15(11)2/h6,8-9H,3-5,7,13H2,1-2H3,(H,17,18). The summed E-state index contributed by atoms with van der Waals surface area (Å²) >= 11 is 0. The summed E-state index contributed by atoms with van der Waals surface area (Å²) in [5.74, 6) is -0.917. The van der Waals surface area contributed by atoms with Gasteiger partial charge in [0.25, 0.3) is 0 Å². The Morgan fingerprint density at radius 1 is 1.67 bits per heavy atom. The molecular formula is C12H20N4O2. The average Bonchev–Trinajstić information content (AvgIpc) is 2.64. The number of nitrogens with zero attached hydrogens (tertiary/aromatic N) is 3. The fraction of sp³-hybridized carbons (Fsp3) is 0.667. The van der Waals surface area contributed by atoms with Crippen molar-refractivity contribution >= 4 is 5.97 Å². The van der Waals surface area contributed by atoms with Gasteiger partial charge in [0.2, 0.25) is 0 Å². The van der Waals surface area contributed by atoms with Crippen LogP contribution < -0.4 is 5.73 Å². The summed E-state index contributed by atoms with van der Waals surface area (Å²) in [4.78, 5) is 13.4. The number of rotatable bonds is 3. The van der Waals surface area contributed by atoms with Crippen LogP contribution in [0.25, 0.3) is 0 Å². The Kier molecular flexibility index (Phi) is 3.68. The Labute approximate surface area is 106 Å². The second-order valence-corrected chi connectivity index (χ2v) is 5.04.